The standard InChI is InChI=1S/C28H31N5O3/c29-16-18-6-8-19(9-7-18)28(35)32-23(12-17-4-2-1-3-5-17)24-13-21(15-26(34)31-24)20-10-11-22-25(14-20)36-33-27(22)30/h1-5,10-11,13-15,18-19,23H,6-9,12,16,29H2,(H2,30,33)(H,31,34)(H,32,35)/t18-,19-,23?. The topological polar surface area (TPSA) is 140 Å². The number of carbonyl (C=O) groups is 1. The monoisotopic (exact) mass is 485 g/mol. The molecular weight excluding hydrogens is 454 g/mol. The number of hydrogen-bond acceptors (Lipinski definition) is 6. The third-order valence-corrected chi connectivity index (χ3v) is 7.22. The number of nitrogen functional groups attached to an aromatic ring is 1. The van der Waals surface area contributed by atoms with E-state index in [4.69, 9.17) is 16.0 Å². The van der Waals surface area contributed by atoms with Crippen molar-refractivity contribution < 1.29 is 9.32 Å². The van der Waals surface area contributed by atoms with Crippen LogP contribution in [0.25, 0.3) is 22.1 Å². The van der Waals surface area contributed by atoms with E-state index in [0.717, 1.165) is 47.8 Å². The number of nitrogens with one attached hydrogen (secondary N) is 2. The summed E-state index contributed by atoms with van der Waals surface area (Å²) in [6.07, 6.45) is 4.17. The maximum absolute atomic E-state index is 13.3. The van der Waals surface area contributed by atoms with Gasteiger partial charge in [-0.15, -0.1) is 0 Å². The van der Waals surface area contributed by atoms with Gasteiger partial charge in [0.1, 0.15) is 0 Å². The molecule has 1 aliphatic carbocycles. The lowest BCUT2D eigenvalue weighted by Crippen LogP contribution is -2.38. The molecule has 8 heteroatoms. The number of fused-ring (bicyclic) bond motifs is 1. The minimum absolute atomic E-state index is 0.0243. The lowest BCUT2D eigenvalue weighted by Gasteiger charge is -2.29. The van der Waals surface area contributed by atoms with E-state index in [1.807, 2.05) is 54.6 Å². The normalized spacial score (nSPS) is 18.7. The molecule has 6 N–H and O–H groups in total. The van der Waals surface area contributed by atoms with Crippen molar-refractivity contribution in [2.75, 3.05) is 12.3 Å². The van der Waals surface area contributed by atoms with Crippen molar-refractivity contribution in [1.82, 2.24) is 15.5 Å². The Bertz CT molecular complexity index is 1400. The fraction of sp³-hybridized carbons (Fsp3) is 0.321. The number of aromatic amines is 1. The van der Waals surface area contributed by atoms with Gasteiger partial charge in [0.15, 0.2) is 11.4 Å². The van der Waals surface area contributed by atoms with Crippen molar-refractivity contribution in [2.45, 2.75) is 38.1 Å². The second-order valence-corrected chi connectivity index (χ2v) is 9.67. The molecule has 0 bridgehead atoms. The van der Waals surface area contributed by atoms with Crippen LogP contribution in [0.4, 0.5) is 5.82 Å². The van der Waals surface area contributed by atoms with E-state index in [-0.39, 0.29) is 23.4 Å². The highest BCUT2D eigenvalue weighted by molar-refractivity contribution is 5.90. The molecule has 1 saturated carbocycles. The van der Waals surface area contributed by atoms with Crippen LogP contribution in [-0.4, -0.2) is 22.6 Å². The maximum atomic E-state index is 13.3. The third kappa shape index (κ3) is 5.18. The molecule has 2 heterocycles. The summed E-state index contributed by atoms with van der Waals surface area (Å²) in [5, 5.41) is 7.77. The van der Waals surface area contributed by atoms with Gasteiger partial charge in [-0.3, -0.25) is 9.59 Å². The van der Waals surface area contributed by atoms with Gasteiger partial charge in [-0.25, -0.2) is 0 Å². The molecule has 1 unspecified atom stereocenters. The van der Waals surface area contributed by atoms with E-state index < -0.39 is 0 Å². The number of pyridine rings is 1. The largest absolute Gasteiger partial charge is 0.380 e. The van der Waals surface area contributed by atoms with E-state index in [9.17, 15) is 9.59 Å². The first-order chi connectivity index (χ1) is 17.5. The van der Waals surface area contributed by atoms with Crippen LogP contribution in [0.3, 0.4) is 0 Å². The van der Waals surface area contributed by atoms with Gasteiger partial charge >= 0.3 is 0 Å². The number of H-pyrrole nitrogens is 1. The van der Waals surface area contributed by atoms with Gasteiger partial charge in [0.05, 0.1) is 11.4 Å². The lowest BCUT2D eigenvalue weighted by atomic mass is 9.81. The van der Waals surface area contributed by atoms with E-state index >= 15 is 0 Å². The Hall–Kier alpha value is -3.91. The van der Waals surface area contributed by atoms with Crippen LogP contribution in [0.1, 0.15) is 43.0 Å². The zero-order chi connectivity index (χ0) is 25.1. The smallest absolute Gasteiger partial charge is 0.248 e. The van der Waals surface area contributed by atoms with Gasteiger partial charge in [0.2, 0.25) is 11.5 Å². The highest BCUT2D eigenvalue weighted by atomic mass is 16.5. The van der Waals surface area contributed by atoms with E-state index in [2.05, 4.69) is 15.5 Å². The van der Waals surface area contributed by atoms with E-state index in [1.165, 1.54) is 0 Å². The number of carbonyl (C=O) groups excluding carboxylic acids is 1. The molecule has 8 nitrogen and oxygen atoms in total. The second-order valence-electron chi connectivity index (χ2n) is 9.67. The van der Waals surface area contributed by atoms with Crippen LogP contribution >= 0.6 is 0 Å². The summed E-state index contributed by atoms with van der Waals surface area (Å²) in [6.45, 7) is 0.672. The molecule has 0 saturated heterocycles. The summed E-state index contributed by atoms with van der Waals surface area (Å²) >= 11 is 0. The van der Waals surface area contributed by atoms with Crippen LogP contribution in [0.5, 0.6) is 0 Å². The molecule has 0 spiro atoms. The number of nitrogens with zero attached hydrogens (tertiary/aromatic N) is 1. The van der Waals surface area contributed by atoms with Gasteiger partial charge in [0.25, 0.3) is 0 Å². The van der Waals surface area contributed by atoms with Crippen LogP contribution in [0.2, 0.25) is 0 Å². The number of anilines is 1. The molecule has 2 aromatic heterocycles. The first kappa shape index (κ1) is 23.8. The Labute approximate surface area is 209 Å². The molecule has 1 amide bonds. The highest BCUT2D eigenvalue weighted by Crippen LogP contribution is 2.31. The molecule has 4 aromatic rings. The summed E-state index contributed by atoms with van der Waals surface area (Å²) < 4.78 is 5.31. The molecule has 186 valence electrons. The SMILES string of the molecule is NC[C@H]1CC[C@H](C(=O)NC(Cc2ccccc2)c2cc(-c3ccc4c(N)noc4c3)cc(=O)[nH]2)CC1. The predicted octanol–water partition coefficient (Wildman–Crippen LogP) is 3.93. The van der Waals surface area contributed by atoms with Crippen LogP contribution in [0.15, 0.2) is 70.0 Å². The van der Waals surface area contributed by atoms with Crippen LogP contribution in [-0.2, 0) is 11.2 Å². The first-order valence-electron chi connectivity index (χ1n) is 12.4. The minimum atomic E-state index is -0.385. The average molecular weight is 486 g/mol. The molecular formula is C28H31N5O3. The molecule has 1 atom stereocenters. The maximum Gasteiger partial charge on any atom is 0.248 e. The van der Waals surface area contributed by atoms with E-state index in [0.29, 0.717) is 36.0 Å². The molecule has 5 rings (SSSR count). The number of nitrogens with two attached hydrogens (primary N) is 2. The average Bonchev–Trinajstić information content (AvgIpc) is 3.28. The summed E-state index contributed by atoms with van der Waals surface area (Å²) in [5.41, 5.74) is 15.2. The molecule has 0 radical (unpaired) electrons. The van der Waals surface area contributed by atoms with Gasteiger partial charge in [-0.2, -0.15) is 0 Å². The number of hydrogen-bond donors (Lipinski definition) is 4. The predicted molar refractivity (Wildman–Crippen MR) is 140 cm³/mol. The van der Waals surface area contributed by atoms with Crippen molar-refractivity contribution in [3.05, 3.63) is 82.3 Å². The van der Waals surface area contributed by atoms with E-state index in [1.54, 1.807) is 6.07 Å². The Morgan fingerprint density at radius 1 is 1.06 bits per heavy atom. The van der Waals surface area contributed by atoms with Crippen molar-refractivity contribution in [1.29, 1.82) is 0 Å². The Morgan fingerprint density at radius 2 is 1.83 bits per heavy atom. The second kappa shape index (κ2) is 10.4. The Balaban J connectivity index is 1.45. The van der Waals surface area contributed by atoms with Crippen molar-refractivity contribution >= 4 is 22.7 Å². The minimum Gasteiger partial charge on any atom is -0.380 e. The summed E-state index contributed by atoms with van der Waals surface area (Å²) in [5.74, 6) is 0.810. The molecule has 1 aliphatic rings. The molecule has 2 aromatic carbocycles. The van der Waals surface area contributed by atoms with Crippen molar-refractivity contribution in [3.8, 4) is 11.1 Å². The van der Waals surface area contributed by atoms with Gasteiger partial charge in [-0.1, -0.05) is 41.6 Å². The highest BCUT2D eigenvalue weighted by Gasteiger charge is 2.28. The number of benzene rings is 2. The Morgan fingerprint density at radius 3 is 2.58 bits per heavy atom. The fourth-order valence-corrected chi connectivity index (χ4v) is 5.09. The van der Waals surface area contributed by atoms with Crippen LogP contribution < -0.4 is 22.3 Å². The summed E-state index contributed by atoms with van der Waals surface area (Å²) in [7, 11) is 0. The summed E-state index contributed by atoms with van der Waals surface area (Å²) in [6, 6.07) is 18.6. The zero-order valence-electron chi connectivity index (χ0n) is 20.1. The molecule has 1 fully saturated rings. The van der Waals surface area contributed by atoms with Gasteiger partial charge in [-0.05, 0) is 79.5 Å². The van der Waals surface area contributed by atoms with Gasteiger partial charge in [0, 0.05) is 17.7 Å². The van der Waals surface area contributed by atoms with Gasteiger partial charge < -0.3 is 26.3 Å². The van der Waals surface area contributed by atoms with Crippen molar-refractivity contribution in [2.24, 2.45) is 17.6 Å². The molecule has 36 heavy (non-hydrogen) atoms. The first-order valence-corrected chi connectivity index (χ1v) is 12.4. The fourth-order valence-electron chi connectivity index (χ4n) is 5.09. The zero-order valence-corrected chi connectivity index (χ0v) is 20.1. The van der Waals surface area contributed by atoms with Crippen molar-refractivity contribution in [3.63, 3.8) is 0 Å². The summed E-state index contributed by atoms with van der Waals surface area (Å²) in [4.78, 5) is 29.0. The quantitative estimate of drug-likeness (QED) is 0.313. The third-order valence-electron chi connectivity index (χ3n) is 7.22. The number of rotatable bonds is 7. The lowest BCUT2D eigenvalue weighted by molar-refractivity contribution is -0.127. The number of amides is 1. The van der Waals surface area contributed by atoms with Crippen LogP contribution in [0, 0.1) is 11.8 Å². The molecule has 0 aliphatic heterocycles. The Kier molecular flexibility index (Phi) is 6.86. The number of aromatic nitrogens is 2.